The van der Waals surface area contributed by atoms with Gasteiger partial charge in [0.25, 0.3) is 0 Å². The fourth-order valence-corrected chi connectivity index (χ4v) is 2.31. The van der Waals surface area contributed by atoms with Crippen molar-refractivity contribution in [2.75, 3.05) is 19.6 Å². The second kappa shape index (κ2) is 6.00. The van der Waals surface area contributed by atoms with Crippen LogP contribution in [0.3, 0.4) is 0 Å². The molecule has 0 aromatic heterocycles. The van der Waals surface area contributed by atoms with Crippen molar-refractivity contribution in [2.45, 2.75) is 45.7 Å². The van der Waals surface area contributed by atoms with Crippen LogP contribution in [0.25, 0.3) is 0 Å². The van der Waals surface area contributed by atoms with Gasteiger partial charge in [-0.25, -0.2) is 0 Å². The molecule has 98 valence electrons. The van der Waals surface area contributed by atoms with Crippen LogP contribution in [0.15, 0.2) is 0 Å². The minimum atomic E-state index is -0.456. The minimum Gasteiger partial charge on any atom is -0.341 e. The first kappa shape index (κ1) is 14.0. The molecule has 2 N–H and O–H groups in total. The molecule has 0 bridgehead atoms. The highest BCUT2D eigenvalue weighted by Crippen LogP contribution is 2.19. The van der Waals surface area contributed by atoms with Crippen molar-refractivity contribution in [2.24, 2.45) is 5.73 Å². The van der Waals surface area contributed by atoms with Gasteiger partial charge in [-0.1, -0.05) is 0 Å². The summed E-state index contributed by atoms with van der Waals surface area (Å²) < 4.78 is 0. The van der Waals surface area contributed by atoms with E-state index in [1.54, 1.807) is 18.7 Å². The zero-order valence-corrected chi connectivity index (χ0v) is 11.0. The summed E-state index contributed by atoms with van der Waals surface area (Å²) in [5.74, 6) is 0.0553. The number of likely N-dealkylation sites (N-methyl/N-ethyl adjacent to an activating group) is 1. The second-order valence-corrected chi connectivity index (χ2v) is 4.67. The number of hydrogen-bond acceptors (Lipinski definition) is 3. The lowest BCUT2D eigenvalue weighted by atomic mass is 10.2. The number of rotatable bonds is 4. The third kappa shape index (κ3) is 3.43. The molecule has 2 unspecified atom stereocenters. The summed E-state index contributed by atoms with van der Waals surface area (Å²) in [5, 5.41) is 0. The summed E-state index contributed by atoms with van der Waals surface area (Å²) in [5.41, 5.74) is 5.63. The molecule has 0 saturated carbocycles. The number of nitrogens with two attached hydrogens (primary N) is 1. The third-order valence-electron chi connectivity index (χ3n) is 3.31. The first-order chi connectivity index (χ1) is 7.97. The summed E-state index contributed by atoms with van der Waals surface area (Å²) in [6, 6.07) is -0.319. The molecule has 2 atom stereocenters. The Bertz CT molecular complexity index is 291. The molecule has 0 spiro atoms. The van der Waals surface area contributed by atoms with Gasteiger partial charge in [0.1, 0.15) is 0 Å². The first-order valence-corrected chi connectivity index (χ1v) is 6.29. The van der Waals surface area contributed by atoms with Crippen LogP contribution in [-0.4, -0.2) is 53.3 Å². The summed E-state index contributed by atoms with van der Waals surface area (Å²) >= 11 is 0. The second-order valence-electron chi connectivity index (χ2n) is 4.67. The van der Waals surface area contributed by atoms with E-state index in [-0.39, 0.29) is 17.9 Å². The summed E-state index contributed by atoms with van der Waals surface area (Å²) in [6.07, 6.45) is 1.96. The van der Waals surface area contributed by atoms with Crippen LogP contribution in [-0.2, 0) is 9.59 Å². The largest absolute Gasteiger partial charge is 0.341 e. The maximum Gasteiger partial charge on any atom is 0.239 e. The zero-order chi connectivity index (χ0) is 13.0. The predicted octanol–water partition coefficient (Wildman–Crippen LogP) is 0.193. The molecule has 1 aliphatic heterocycles. The molecule has 1 fully saturated rings. The van der Waals surface area contributed by atoms with Gasteiger partial charge in [-0.2, -0.15) is 0 Å². The first-order valence-electron chi connectivity index (χ1n) is 6.29. The highest BCUT2D eigenvalue weighted by molar-refractivity contribution is 5.82. The summed E-state index contributed by atoms with van der Waals surface area (Å²) in [6.45, 7) is 7.31. The fraction of sp³-hybridized carbons (Fsp3) is 0.833. The molecule has 5 heteroatoms. The Morgan fingerprint density at radius 3 is 2.65 bits per heavy atom. The van der Waals surface area contributed by atoms with Crippen molar-refractivity contribution in [3.63, 3.8) is 0 Å². The van der Waals surface area contributed by atoms with Crippen molar-refractivity contribution in [3.05, 3.63) is 0 Å². The number of carbonyl (C=O) groups excluding carboxylic acids is 2. The van der Waals surface area contributed by atoms with Gasteiger partial charge in [-0.15, -0.1) is 0 Å². The monoisotopic (exact) mass is 241 g/mol. The summed E-state index contributed by atoms with van der Waals surface area (Å²) in [7, 11) is 0. The molecule has 0 aromatic carbocycles. The Balaban J connectivity index is 2.63. The normalized spacial score (nSPS) is 21.4. The molecule has 5 nitrogen and oxygen atoms in total. The van der Waals surface area contributed by atoms with Gasteiger partial charge in [0.2, 0.25) is 11.8 Å². The Morgan fingerprint density at radius 2 is 2.18 bits per heavy atom. The van der Waals surface area contributed by atoms with Crippen molar-refractivity contribution < 1.29 is 9.59 Å². The van der Waals surface area contributed by atoms with Crippen LogP contribution in [0, 0.1) is 0 Å². The Hall–Kier alpha value is -1.10. The highest BCUT2D eigenvalue weighted by atomic mass is 16.2. The van der Waals surface area contributed by atoms with Crippen LogP contribution < -0.4 is 5.73 Å². The van der Waals surface area contributed by atoms with Gasteiger partial charge in [-0.3, -0.25) is 9.59 Å². The van der Waals surface area contributed by atoms with Gasteiger partial charge in [0.15, 0.2) is 0 Å². The smallest absolute Gasteiger partial charge is 0.239 e. The minimum absolute atomic E-state index is 0.00731. The van der Waals surface area contributed by atoms with Crippen molar-refractivity contribution in [1.82, 2.24) is 9.80 Å². The maximum atomic E-state index is 11.9. The number of likely N-dealkylation sites (tertiary alicyclic amines) is 1. The van der Waals surface area contributed by atoms with Crippen LogP contribution in [0.4, 0.5) is 0 Å². The van der Waals surface area contributed by atoms with Crippen LogP contribution in [0.5, 0.6) is 0 Å². The molecule has 1 saturated heterocycles. The van der Waals surface area contributed by atoms with E-state index in [0.717, 1.165) is 19.4 Å². The van der Waals surface area contributed by atoms with Gasteiger partial charge in [0, 0.05) is 32.6 Å². The van der Waals surface area contributed by atoms with E-state index in [9.17, 15) is 9.59 Å². The summed E-state index contributed by atoms with van der Waals surface area (Å²) in [4.78, 5) is 26.9. The van der Waals surface area contributed by atoms with Gasteiger partial charge < -0.3 is 15.5 Å². The van der Waals surface area contributed by atoms with Crippen LogP contribution in [0.2, 0.25) is 0 Å². The Morgan fingerprint density at radius 1 is 1.53 bits per heavy atom. The molecule has 2 amide bonds. The highest BCUT2D eigenvalue weighted by Gasteiger charge is 2.31. The topological polar surface area (TPSA) is 66.6 Å². The molecule has 0 aliphatic carbocycles. The van der Waals surface area contributed by atoms with Crippen molar-refractivity contribution in [3.8, 4) is 0 Å². The average molecular weight is 241 g/mol. The van der Waals surface area contributed by atoms with E-state index >= 15 is 0 Å². The Kier molecular flexibility index (Phi) is 4.93. The zero-order valence-electron chi connectivity index (χ0n) is 11.0. The Labute approximate surface area is 103 Å². The van der Waals surface area contributed by atoms with E-state index in [0.29, 0.717) is 13.1 Å². The number of hydrogen-bond donors (Lipinski definition) is 1. The van der Waals surface area contributed by atoms with E-state index in [1.165, 1.54) is 0 Å². The molecule has 1 heterocycles. The number of nitrogens with zero attached hydrogens (tertiary/aromatic N) is 2. The lowest BCUT2D eigenvalue weighted by Gasteiger charge is -2.30. The molecule has 0 radical (unpaired) electrons. The maximum absolute atomic E-state index is 11.9. The number of amides is 2. The molecule has 17 heavy (non-hydrogen) atoms. The SMILES string of the molecule is CCN(CC1CCCN1C(=O)C(C)N)C(C)=O. The van der Waals surface area contributed by atoms with Crippen molar-refractivity contribution in [1.29, 1.82) is 0 Å². The predicted molar refractivity (Wildman–Crippen MR) is 66.3 cm³/mol. The molecular formula is C12H23N3O2. The number of carbonyl (C=O) groups is 2. The van der Waals surface area contributed by atoms with Crippen LogP contribution in [0.1, 0.15) is 33.6 Å². The lowest BCUT2D eigenvalue weighted by Crippen LogP contribution is -2.49. The van der Waals surface area contributed by atoms with E-state index < -0.39 is 6.04 Å². The van der Waals surface area contributed by atoms with Gasteiger partial charge in [0.05, 0.1) is 6.04 Å². The van der Waals surface area contributed by atoms with E-state index in [1.807, 2.05) is 11.8 Å². The molecule has 1 rings (SSSR count). The molecular weight excluding hydrogens is 218 g/mol. The van der Waals surface area contributed by atoms with Crippen molar-refractivity contribution >= 4 is 11.8 Å². The standard InChI is InChI=1S/C12H23N3O2/c1-4-14(10(3)16)8-11-6-5-7-15(11)12(17)9(2)13/h9,11H,4-8,13H2,1-3H3. The quantitative estimate of drug-likeness (QED) is 0.764. The molecule has 1 aliphatic rings. The molecule has 0 aromatic rings. The van der Waals surface area contributed by atoms with Gasteiger partial charge in [-0.05, 0) is 26.7 Å². The fourth-order valence-electron chi connectivity index (χ4n) is 2.31. The van der Waals surface area contributed by atoms with E-state index in [2.05, 4.69) is 0 Å². The average Bonchev–Trinajstić information content (AvgIpc) is 2.71. The van der Waals surface area contributed by atoms with Crippen LogP contribution >= 0.6 is 0 Å². The lowest BCUT2D eigenvalue weighted by molar-refractivity contribution is -0.136. The van der Waals surface area contributed by atoms with Gasteiger partial charge >= 0.3 is 0 Å². The van der Waals surface area contributed by atoms with E-state index in [4.69, 9.17) is 5.73 Å². The third-order valence-corrected chi connectivity index (χ3v) is 3.31.